The van der Waals surface area contributed by atoms with Gasteiger partial charge in [-0.3, -0.25) is 0 Å². The Balaban J connectivity index is 1.97. The van der Waals surface area contributed by atoms with Crippen molar-refractivity contribution in [3.63, 3.8) is 0 Å². The molecule has 0 fully saturated rings. The molecular weight excluding hydrogens is 308 g/mol. The number of imidazole rings is 1. The summed E-state index contributed by atoms with van der Waals surface area (Å²) in [5, 5.41) is 19.2. The van der Waals surface area contributed by atoms with E-state index in [-0.39, 0.29) is 6.61 Å². The first-order valence-corrected chi connectivity index (χ1v) is 8.39. The van der Waals surface area contributed by atoms with Gasteiger partial charge >= 0.3 is 0 Å². The van der Waals surface area contributed by atoms with Gasteiger partial charge in [-0.2, -0.15) is 0 Å². The second-order valence-corrected chi connectivity index (χ2v) is 6.15. The SMILES string of the molecule is OCC(O)CSc1nc(-c2ccccc2)c(-c2ccccc2)[nH]1. The number of benzene rings is 2. The Morgan fingerprint density at radius 2 is 1.57 bits per heavy atom. The smallest absolute Gasteiger partial charge is 0.166 e. The summed E-state index contributed by atoms with van der Waals surface area (Å²) in [6.07, 6.45) is -0.745. The second-order valence-electron chi connectivity index (χ2n) is 5.15. The third-order valence-electron chi connectivity index (χ3n) is 3.41. The lowest BCUT2D eigenvalue weighted by atomic mass is 10.1. The Bertz CT molecular complexity index is 687. The lowest BCUT2D eigenvalue weighted by Crippen LogP contribution is -2.14. The predicted molar refractivity (Wildman–Crippen MR) is 93.3 cm³/mol. The maximum absolute atomic E-state index is 9.52. The Hall–Kier alpha value is -2.08. The van der Waals surface area contributed by atoms with E-state index in [2.05, 4.69) is 9.97 Å². The number of H-pyrrole nitrogens is 1. The third-order valence-corrected chi connectivity index (χ3v) is 4.43. The summed E-state index contributed by atoms with van der Waals surface area (Å²) in [4.78, 5) is 8.01. The molecule has 4 nitrogen and oxygen atoms in total. The number of thioether (sulfide) groups is 1. The first kappa shape index (κ1) is 15.8. The molecule has 0 saturated carbocycles. The van der Waals surface area contributed by atoms with Crippen molar-refractivity contribution in [2.24, 2.45) is 0 Å². The van der Waals surface area contributed by atoms with Crippen molar-refractivity contribution in [2.75, 3.05) is 12.4 Å². The highest BCUT2D eigenvalue weighted by molar-refractivity contribution is 7.99. The van der Waals surface area contributed by atoms with Crippen LogP contribution < -0.4 is 0 Å². The van der Waals surface area contributed by atoms with Crippen LogP contribution in [-0.2, 0) is 0 Å². The first-order valence-electron chi connectivity index (χ1n) is 7.40. The van der Waals surface area contributed by atoms with Gasteiger partial charge in [-0.25, -0.2) is 4.98 Å². The van der Waals surface area contributed by atoms with E-state index in [4.69, 9.17) is 5.11 Å². The number of rotatable bonds is 6. The minimum Gasteiger partial charge on any atom is -0.394 e. The van der Waals surface area contributed by atoms with Crippen molar-refractivity contribution in [3.8, 4) is 22.5 Å². The molecule has 0 bridgehead atoms. The molecule has 0 spiro atoms. The van der Waals surface area contributed by atoms with E-state index in [1.54, 1.807) is 0 Å². The van der Waals surface area contributed by atoms with Gasteiger partial charge in [-0.1, -0.05) is 72.4 Å². The van der Waals surface area contributed by atoms with Crippen LogP contribution in [0.5, 0.6) is 0 Å². The standard InChI is InChI=1S/C18H18N2O2S/c21-11-15(22)12-23-18-19-16(13-7-3-1-4-8-13)17(20-18)14-9-5-2-6-10-14/h1-10,15,21-22H,11-12H2,(H,19,20). The lowest BCUT2D eigenvalue weighted by Gasteiger charge is -2.03. The van der Waals surface area contributed by atoms with E-state index in [0.717, 1.165) is 27.7 Å². The van der Waals surface area contributed by atoms with Crippen molar-refractivity contribution >= 4 is 11.8 Å². The van der Waals surface area contributed by atoms with Gasteiger partial charge in [0.2, 0.25) is 0 Å². The number of nitrogens with one attached hydrogen (secondary N) is 1. The predicted octanol–water partition coefficient (Wildman–Crippen LogP) is 3.19. The Kier molecular flexibility index (Phi) is 5.12. The number of hydrogen-bond acceptors (Lipinski definition) is 4. The number of aliphatic hydroxyl groups excluding tert-OH is 2. The maximum Gasteiger partial charge on any atom is 0.166 e. The van der Waals surface area contributed by atoms with Gasteiger partial charge in [-0.05, 0) is 0 Å². The molecule has 2 aromatic carbocycles. The number of aromatic amines is 1. The van der Waals surface area contributed by atoms with Crippen LogP contribution in [0.25, 0.3) is 22.5 Å². The van der Waals surface area contributed by atoms with E-state index < -0.39 is 6.10 Å². The zero-order valence-corrected chi connectivity index (χ0v) is 13.3. The van der Waals surface area contributed by atoms with Crippen LogP contribution in [0.15, 0.2) is 65.8 Å². The van der Waals surface area contributed by atoms with Gasteiger partial charge < -0.3 is 15.2 Å². The molecule has 0 saturated heterocycles. The van der Waals surface area contributed by atoms with Crippen LogP contribution >= 0.6 is 11.8 Å². The molecule has 5 heteroatoms. The van der Waals surface area contributed by atoms with Gasteiger partial charge in [0, 0.05) is 16.9 Å². The third kappa shape index (κ3) is 3.82. The molecule has 0 aliphatic carbocycles. The summed E-state index contributed by atoms with van der Waals surface area (Å²) < 4.78 is 0. The Morgan fingerprint density at radius 3 is 2.17 bits per heavy atom. The van der Waals surface area contributed by atoms with Gasteiger partial charge in [0.15, 0.2) is 5.16 Å². The summed E-state index contributed by atoms with van der Waals surface area (Å²) in [7, 11) is 0. The highest BCUT2D eigenvalue weighted by atomic mass is 32.2. The van der Waals surface area contributed by atoms with E-state index in [0.29, 0.717) is 5.75 Å². The average Bonchev–Trinajstić information content (AvgIpc) is 3.05. The summed E-state index contributed by atoms with van der Waals surface area (Å²) in [5.74, 6) is 0.395. The van der Waals surface area contributed by atoms with E-state index >= 15 is 0 Å². The van der Waals surface area contributed by atoms with Crippen LogP contribution in [0, 0.1) is 0 Å². The molecule has 1 heterocycles. The number of hydrogen-bond donors (Lipinski definition) is 3. The fourth-order valence-electron chi connectivity index (χ4n) is 2.27. The molecule has 0 amide bonds. The fourth-order valence-corrected chi connectivity index (χ4v) is 3.05. The Morgan fingerprint density at radius 1 is 0.957 bits per heavy atom. The number of nitrogens with zero attached hydrogens (tertiary/aromatic N) is 1. The molecule has 23 heavy (non-hydrogen) atoms. The molecule has 3 aromatic rings. The van der Waals surface area contributed by atoms with Crippen LogP contribution in [-0.4, -0.2) is 38.6 Å². The number of aromatic nitrogens is 2. The molecular formula is C18H18N2O2S. The van der Waals surface area contributed by atoms with Crippen LogP contribution in [0.2, 0.25) is 0 Å². The largest absolute Gasteiger partial charge is 0.394 e. The molecule has 1 aromatic heterocycles. The fraction of sp³-hybridized carbons (Fsp3) is 0.167. The zero-order valence-electron chi connectivity index (χ0n) is 12.5. The van der Waals surface area contributed by atoms with Crippen molar-refractivity contribution < 1.29 is 10.2 Å². The van der Waals surface area contributed by atoms with E-state index in [1.807, 2.05) is 60.7 Å². The maximum atomic E-state index is 9.52. The average molecular weight is 326 g/mol. The molecule has 0 aliphatic rings. The molecule has 3 rings (SSSR count). The minimum atomic E-state index is -0.745. The van der Waals surface area contributed by atoms with Crippen LogP contribution in [0.4, 0.5) is 0 Å². The molecule has 3 N–H and O–H groups in total. The van der Waals surface area contributed by atoms with Gasteiger partial charge in [0.1, 0.15) is 0 Å². The van der Waals surface area contributed by atoms with Gasteiger partial charge in [-0.15, -0.1) is 0 Å². The Labute approximate surface area is 139 Å². The summed E-state index contributed by atoms with van der Waals surface area (Å²) in [6, 6.07) is 20.1. The molecule has 1 atom stereocenters. The van der Waals surface area contributed by atoms with Gasteiger partial charge in [0.25, 0.3) is 0 Å². The minimum absolute atomic E-state index is 0.245. The topological polar surface area (TPSA) is 69.1 Å². The summed E-state index contributed by atoms with van der Waals surface area (Å²) in [5.41, 5.74) is 3.95. The lowest BCUT2D eigenvalue weighted by molar-refractivity contribution is 0.113. The van der Waals surface area contributed by atoms with Crippen LogP contribution in [0.3, 0.4) is 0 Å². The highest BCUT2D eigenvalue weighted by Crippen LogP contribution is 2.32. The molecule has 0 aliphatic heterocycles. The van der Waals surface area contributed by atoms with Crippen molar-refractivity contribution in [3.05, 3.63) is 60.7 Å². The molecule has 118 valence electrons. The first-order chi connectivity index (χ1) is 11.3. The number of aliphatic hydroxyl groups is 2. The monoisotopic (exact) mass is 326 g/mol. The molecule has 1 unspecified atom stereocenters. The normalized spacial score (nSPS) is 12.3. The van der Waals surface area contributed by atoms with Crippen LogP contribution in [0.1, 0.15) is 0 Å². The van der Waals surface area contributed by atoms with E-state index in [9.17, 15) is 5.11 Å². The van der Waals surface area contributed by atoms with Crippen molar-refractivity contribution in [1.29, 1.82) is 0 Å². The highest BCUT2D eigenvalue weighted by Gasteiger charge is 2.15. The quantitative estimate of drug-likeness (QED) is 0.609. The summed E-state index contributed by atoms with van der Waals surface area (Å²) >= 11 is 1.40. The molecule has 0 radical (unpaired) electrons. The van der Waals surface area contributed by atoms with Crippen molar-refractivity contribution in [1.82, 2.24) is 9.97 Å². The summed E-state index contributed by atoms with van der Waals surface area (Å²) in [6.45, 7) is -0.245. The second kappa shape index (κ2) is 7.46. The van der Waals surface area contributed by atoms with Gasteiger partial charge in [0.05, 0.1) is 24.1 Å². The zero-order chi connectivity index (χ0) is 16.1. The van der Waals surface area contributed by atoms with E-state index in [1.165, 1.54) is 11.8 Å². The van der Waals surface area contributed by atoms with Crippen molar-refractivity contribution in [2.45, 2.75) is 11.3 Å².